The number of esters is 1. The minimum Gasteiger partial charge on any atom is -0.456 e. The summed E-state index contributed by atoms with van der Waals surface area (Å²) in [6.45, 7) is 3.57. The molecular formula is C11H17F2NO3. The zero-order valence-corrected chi connectivity index (χ0v) is 9.80. The highest BCUT2D eigenvalue weighted by atomic mass is 19.3. The zero-order valence-electron chi connectivity index (χ0n) is 9.80. The average Bonchev–Trinajstić information content (AvgIpc) is 2.73. The molecule has 0 aliphatic carbocycles. The molecule has 2 fully saturated rings. The predicted octanol–water partition coefficient (Wildman–Crippen LogP) is 1.10. The van der Waals surface area contributed by atoms with E-state index in [1.54, 1.807) is 0 Å². The highest BCUT2D eigenvalue weighted by Crippen LogP contribution is 2.30. The van der Waals surface area contributed by atoms with Crippen LogP contribution >= 0.6 is 0 Å². The highest BCUT2D eigenvalue weighted by Gasteiger charge is 2.50. The number of halogens is 2. The summed E-state index contributed by atoms with van der Waals surface area (Å²) in [6, 6.07) is 0. The Kier molecular flexibility index (Phi) is 3.36. The second-order valence-corrected chi connectivity index (χ2v) is 4.97. The summed E-state index contributed by atoms with van der Waals surface area (Å²) in [5, 5.41) is 3.03. The van der Waals surface area contributed by atoms with E-state index >= 15 is 0 Å². The van der Waals surface area contributed by atoms with E-state index in [1.165, 1.54) is 0 Å². The van der Waals surface area contributed by atoms with Crippen LogP contribution < -0.4 is 5.32 Å². The third kappa shape index (κ3) is 2.93. The van der Waals surface area contributed by atoms with E-state index in [4.69, 9.17) is 4.74 Å². The molecule has 0 radical (unpaired) electrons. The van der Waals surface area contributed by atoms with Crippen LogP contribution in [-0.4, -0.2) is 43.3 Å². The number of alkyl halides is 2. The molecular weight excluding hydrogens is 232 g/mol. The van der Waals surface area contributed by atoms with Crippen LogP contribution in [0.15, 0.2) is 0 Å². The van der Waals surface area contributed by atoms with E-state index in [1.807, 2.05) is 6.92 Å². The second-order valence-electron chi connectivity index (χ2n) is 4.97. The number of nitrogens with one attached hydrogen (secondary N) is 1. The molecule has 0 spiro atoms. The molecule has 4 nitrogen and oxygen atoms in total. The van der Waals surface area contributed by atoms with Crippen molar-refractivity contribution in [3.8, 4) is 0 Å². The van der Waals surface area contributed by atoms with Gasteiger partial charge in [-0.2, -0.15) is 8.78 Å². The van der Waals surface area contributed by atoms with Crippen LogP contribution in [0.4, 0.5) is 8.78 Å². The van der Waals surface area contributed by atoms with Crippen LogP contribution in [0.2, 0.25) is 0 Å². The van der Waals surface area contributed by atoms with Gasteiger partial charge in [-0.1, -0.05) is 0 Å². The van der Waals surface area contributed by atoms with Gasteiger partial charge in [-0.15, -0.1) is 0 Å². The zero-order chi connectivity index (χ0) is 12.5. The SMILES string of the molecule is CC1(CNCC2CC(F)(F)C(=O)O2)CCCO1. The summed E-state index contributed by atoms with van der Waals surface area (Å²) in [4.78, 5) is 10.8. The molecule has 17 heavy (non-hydrogen) atoms. The van der Waals surface area contributed by atoms with Gasteiger partial charge >= 0.3 is 11.9 Å². The molecule has 6 heteroatoms. The fraction of sp³-hybridized carbons (Fsp3) is 0.909. The molecule has 2 aliphatic heterocycles. The number of ether oxygens (including phenoxy) is 2. The van der Waals surface area contributed by atoms with Crippen LogP contribution in [0.3, 0.4) is 0 Å². The maximum atomic E-state index is 12.9. The summed E-state index contributed by atoms with van der Waals surface area (Å²) in [7, 11) is 0. The second kappa shape index (κ2) is 4.49. The number of hydrogen-bond acceptors (Lipinski definition) is 4. The van der Waals surface area contributed by atoms with Crippen molar-refractivity contribution in [2.24, 2.45) is 0 Å². The van der Waals surface area contributed by atoms with E-state index < -0.39 is 24.4 Å². The van der Waals surface area contributed by atoms with Crippen molar-refractivity contribution in [1.82, 2.24) is 5.32 Å². The number of hydrogen-bond donors (Lipinski definition) is 1. The van der Waals surface area contributed by atoms with Crippen LogP contribution in [-0.2, 0) is 14.3 Å². The van der Waals surface area contributed by atoms with Crippen LogP contribution in [0.1, 0.15) is 26.2 Å². The van der Waals surface area contributed by atoms with E-state index in [9.17, 15) is 13.6 Å². The molecule has 2 unspecified atom stereocenters. The number of cyclic esters (lactones) is 1. The maximum absolute atomic E-state index is 12.9. The quantitative estimate of drug-likeness (QED) is 0.758. The Balaban J connectivity index is 1.71. The third-order valence-corrected chi connectivity index (χ3v) is 3.23. The fourth-order valence-corrected chi connectivity index (χ4v) is 2.24. The van der Waals surface area contributed by atoms with Gasteiger partial charge in [-0.3, -0.25) is 0 Å². The van der Waals surface area contributed by atoms with Gasteiger partial charge in [0.1, 0.15) is 6.10 Å². The molecule has 2 rings (SSSR count). The molecule has 2 saturated heterocycles. The highest BCUT2D eigenvalue weighted by molar-refractivity contribution is 5.79. The van der Waals surface area contributed by atoms with Crippen LogP contribution in [0, 0.1) is 0 Å². The first-order valence-electron chi connectivity index (χ1n) is 5.85. The van der Waals surface area contributed by atoms with Gasteiger partial charge in [0, 0.05) is 19.7 Å². The Morgan fingerprint density at radius 3 is 2.82 bits per heavy atom. The minimum atomic E-state index is -3.32. The maximum Gasteiger partial charge on any atom is 0.377 e. The molecule has 2 heterocycles. The fourth-order valence-electron chi connectivity index (χ4n) is 2.24. The van der Waals surface area contributed by atoms with Crippen LogP contribution in [0.25, 0.3) is 0 Å². The Morgan fingerprint density at radius 2 is 2.29 bits per heavy atom. The topological polar surface area (TPSA) is 47.6 Å². The molecule has 0 bridgehead atoms. The lowest BCUT2D eigenvalue weighted by molar-refractivity contribution is -0.159. The van der Waals surface area contributed by atoms with E-state index in [-0.39, 0.29) is 12.1 Å². The van der Waals surface area contributed by atoms with E-state index in [2.05, 4.69) is 10.1 Å². The molecule has 0 aromatic rings. The summed E-state index contributed by atoms with van der Waals surface area (Å²) in [5.41, 5.74) is -0.217. The third-order valence-electron chi connectivity index (χ3n) is 3.23. The number of carbonyl (C=O) groups is 1. The van der Waals surface area contributed by atoms with Crippen molar-refractivity contribution in [3.63, 3.8) is 0 Å². The Morgan fingerprint density at radius 1 is 1.53 bits per heavy atom. The van der Waals surface area contributed by atoms with Gasteiger partial charge in [0.05, 0.1) is 12.0 Å². The molecule has 0 aromatic carbocycles. The number of carbonyl (C=O) groups excluding carboxylic acids is 1. The lowest BCUT2D eigenvalue weighted by Gasteiger charge is -2.24. The molecule has 0 aromatic heterocycles. The molecule has 1 N–H and O–H groups in total. The predicted molar refractivity (Wildman–Crippen MR) is 55.9 cm³/mol. The van der Waals surface area contributed by atoms with Crippen molar-refractivity contribution < 1.29 is 23.0 Å². The Labute approximate surface area is 98.6 Å². The lowest BCUT2D eigenvalue weighted by Crippen LogP contribution is -2.40. The average molecular weight is 249 g/mol. The summed E-state index contributed by atoms with van der Waals surface area (Å²) < 4.78 is 35.9. The van der Waals surface area contributed by atoms with Gasteiger partial charge < -0.3 is 14.8 Å². The summed E-state index contributed by atoms with van der Waals surface area (Å²) >= 11 is 0. The van der Waals surface area contributed by atoms with Gasteiger partial charge in [0.25, 0.3) is 0 Å². The van der Waals surface area contributed by atoms with Crippen molar-refractivity contribution in [2.45, 2.75) is 43.8 Å². The minimum absolute atomic E-state index is 0.217. The standard InChI is InChI=1S/C11H17F2NO3/c1-10(3-2-4-16-10)7-14-6-8-5-11(12,13)9(15)17-8/h8,14H,2-7H2,1H3. The molecule has 98 valence electrons. The monoisotopic (exact) mass is 249 g/mol. The summed E-state index contributed by atoms with van der Waals surface area (Å²) in [6.07, 6.45) is 0.716. The molecule has 0 saturated carbocycles. The first-order valence-corrected chi connectivity index (χ1v) is 5.85. The molecule has 2 atom stereocenters. The Bertz CT molecular complexity index is 303. The number of rotatable bonds is 4. The van der Waals surface area contributed by atoms with Crippen molar-refractivity contribution >= 4 is 5.97 Å². The van der Waals surface area contributed by atoms with Crippen molar-refractivity contribution in [1.29, 1.82) is 0 Å². The van der Waals surface area contributed by atoms with Gasteiger partial charge in [-0.25, -0.2) is 4.79 Å². The summed E-state index contributed by atoms with van der Waals surface area (Å²) in [5.74, 6) is -4.73. The molecule has 0 amide bonds. The smallest absolute Gasteiger partial charge is 0.377 e. The van der Waals surface area contributed by atoms with Gasteiger partial charge in [0.15, 0.2) is 0 Å². The first-order chi connectivity index (χ1) is 7.91. The van der Waals surface area contributed by atoms with E-state index in [0.29, 0.717) is 6.54 Å². The normalized spacial score (nSPS) is 36.2. The van der Waals surface area contributed by atoms with E-state index in [0.717, 1.165) is 19.4 Å². The van der Waals surface area contributed by atoms with Crippen LogP contribution in [0.5, 0.6) is 0 Å². The largest absolute Gasteiger partial charge is 0.456 e. The Hall–Kier alpha value is -0.750. The molecule has 2 aliphatic rings. The van der Waals surface area contributed by atoms with Crippen molar-refractivity contribution in [2.75, 3.05) is 19.7 Å². The van der Waals surface area contributed by atoms with Gasteiger partial charge in [0.2, 0.25) is 0 Å². The van der Waals surface area contributed by atoms with Gasteiger partial charge in [-0.05, 0) is 19.8 Å². The first kappa shape index (κ1) is 12.7. The lowest BCUT2D eigenvalue weighted by atomic mass is 10.0. The van der Waals surface area contributed by atoms with Crippen molar-refractivity contribution in [3.05, 3.63) is 0 Å².